The van der Waals surface area contributed by atoms with E-state index in [0.717, 1.165) is 95.8 Å². The average Bonchev–Trinajstić information content (AvgIpc) is 2.99. The smallest absolute Gasteiger partial charge is 0.234 e. The van der Waals surface area contributed by atoms with Gasteiger partial charge in [-0.25, -0.2) is 0 Å². The molecule has 40 heavy (non-hydrogen) atoms. The Morgan fingerprint density at radius 1 is 0.900 bits per heavy atom. The number of hydrogen-bond acceptors (Lipinski definition) is 6. The number of nitrogens with one attached hydrogen (secondary N) is 2. The van der Waals surface area contributed by atoms with Crippen molar-refractivity contribution in [1.29, 1.82) is 0 Å². The molecule has 1 unspecified atom stereocenters. The summed E-state index contributed by atoms with van der Waals surface area (Å²) in [6, 6.07) is 18.4. The van der Waals surface area contributed by atoms with Gasteiger partial charge in [-0.2, -0.15) is 0 Å². The van der Waals surface area contributed by atoms with Crippen molar-refractivity contribution in [1.82, 2.24) is 20.4 Å². The molecule has 8 nitrogen and oxygen atoms in total. The minimum absolute atomic E-state index is 0.0389. The molecule has 8 heteroatoms. The number of ether oxygens (including phenoxy) is 2. The predicted molar refractivity (Wildman–Crippen MR) is 155 cm³/mol. The third-order valence-corrected chi connectivity index (χ3v) is 8.71. The van der Waals surface area contributed by atoms with Crippen LogP contribution in [0.25, 0.3) is 0 Å². The van der Waals surface area contributed by atoms with Gasteiger partial charge < -0.3 is 20.1 Å². The Hall–Kier alpha value is -2.94. The van der Waals surface area contributed by atoms with Crippen molar-refractivity contribution in [3.8, 4) is 5.75 Å². The number of hydrogen-bond donors (Lipinski definition) is 2. The zero-order chi connectivity index (χ0) is 27.6. The first kappa shape index (κ1) is 28.6. The Balaban J connectivity index is 1.15. The quantitative estimate of drug-likeness (QED) is 0.577. The predicted octanol–water partition coefficient (Wildman–Crippen LogP) is 3.18. The summed E-state index contributed by atoms with van der Waals surface area (Å²) in [7, 11) is 0. The van der Waals surface area contributed by atoms with Gasteiger partial charge in [0.2, 0.25) is 11.8 Å². The fraction of sp³-hybridized carbons (Fsp3) is 0.562. The first-order valence-electron chi connectivity index (χ1n) is 15.0. The molecule has 2 aromatic rings. The van der Waals surface area contributed by atoms with Crippen LogP contribution in [0.1, 0.15) is 49.3 Å². The van der Waals surface area contributed by atoms with E-state index in [9.17, 15) is 9.59 Å². The molecule has 0 aliphatic carbocycles. The maximum absolute atomic E-state index is 13.4. The second-order valence-electron chi connectivity index (χ2n) is 11.4. The number of aryl methyl sites for hydroxylation is 1. The third kappa shape index (κ3) is 7.62. The number of nitrogens with zero attached hydrogens (tertiary/aromatic N) is 2. The maximum atomic E-state index is 13.4. The van der Waals surface area contributed by atoms with Crippen molar-refractivity contribution in [2.45, 2.75) is 44.6 Å². The van der Waals surface area contributed by atoms with Crippen LogP contribution < -0.4 is 15.4 Å². The lowest BCUT2D eigenvalue weighted by Crippen LogP contribution is -2.51. The van der Waals surface area contributed by atoms with Crippen LogP contribution in [0.15, 0.2) is 54.6 Å². The molecule has 2 aromatic carbocycles. The van der Waals surface area contributed by atoms with Gasteiger partial charge in [-0.15, -0.1) is 0 Å². The van der Waals surface area contributed by atoms with Gasteiger partial charge in [0, 0.05) is 19.6 Å². The Kier molecular flexibility index (Phi) is 10.1. The number of carbonyl (C=O) groups is 2. The monoisotopic (exact) mass is 548 g/mol. The molecular weight excluding hydrogens is 504 g/mol. The highest BCUT2D eigenvalue weighted by atomic mass is 16.5. The van der Waals surface area contributed by atoms with Gasteiger partial charge in [0.15, 0.2) is 0 Å². The van der Waals surface area contributed by atoms with Gasteiger partial charge in [0.05, 0.1) is 37.8 Å². The standard InChI is InChI=1S/C32H44N4O4/c37-30(34-28(26-8-2-1-3-9-26)24-36-19-22-39-23-20-36)25-35-17-14-32(15-18-35)13-7-6-11-27-10-4-5-12-29(27)40-21-16-33-31(32)38/h1-5,8-10,12,28H,6-7,11,13-25H2,(H,33,38)(H,34,37). The van der Waals surface area contributed by atoms with E-state index in [1.807, 2.05) is 30.3 Å². The lowest BCUT2D eigenvalue weighted by atomic mass is 9.73. The minimum atomic E-state index is -0.366. The van der Waals surface area contributed by atoms with Crippen LogP contribution >= 0.6 is 0 Å². The highest BCUT2D eigenvalue weighted by molar-refractivity contribution is 5.83. The number of para-hydroxylation sites is 1. The van der Waals surface area contributed by atoms with Crippen molar-refractivity contribution in [2.75, 3.05) is 65.6 Å². The van der Waals surface area contributed by atoms with Crippen LogP contribution in [0.4, 0.5) is 0 Å². The van der Waals surface area contributed by atoms with Gasteiger partial charge in [0.25, 0.3) is 0 Å². The normalized spacial score (nSPS) is 21.6. The first-order chi connectivity index (χ1) is 19.6. The second-order valence-corrected chi connectivity index (χ2v) is 11.4. The van der Waals surface area contributed by atoms with Crippen LogP contribution in [0.5, 0.6) is 5.75 Å². The summed E-state index contributed by atoms with van der Waals surface area (Å²) in [6.07, 6.45) is 5.44. The molecule has 2 N–H and O–H groups in total. The van der Waals surface area contributed by atoms with Gasteiger partial charge in [-0.1, -0.05) is 55.0 Å². The van der Waals surface area contributed by atoms with Crippen LogP contribution in [-0.4, -0.2) is 87.2 Å². The van der Waals surface area contributed by atoms with Crippen molar-refractivity contribution in [3.05, 3.63) is 65.7 Å². The summed E-state index contributed by atoms with van der Waals surface area (Å²) in [5, 5.41) is 6.46. The molecule has 1 spiro atoms. The molecule has 0 bridgehead atoms. The van der Waals surface area contributed by atoms with E-state index in [1.54, 1.807) is 0 Å². The molecule has 5 rings (SSSR count). The summed E-state index contributed by atoms with van der Waals surface area (Å²) >= 11 is 0. The van der Waals surface area contributed by atoms with Gasteiger partial charge >= 0.3 is 0 Å². The lowest BCUT2D eigenvalue weighted by molar-refractivity contribution is -0.135. The molecule has 3 aliphatic heterocycles. The molecule has 2 saturated heterocycles. The third-order valence-electron chi connectivity index (χ3n) is 8.71. The summed E-state index contributed by atoms with van der Waals surface area (Å²) in [6.45, 7) is 6.84. The van der Waals surface area contributed by atoms with Crippen molar-refractivity contribution < 1.29 is 19.1 Å². The fourth-order valence-corrected chi connectivity index (χ4v) is 6.28. The van der Waals surface area contributed by atoms with E-state index in [0.29, 0.717) is 19.7 Å². The summed E-state index contributed by atoms with van der Waals surface area (Å²) in [4.78, 5) is 31.2. The molecule has 3 aliphatic rings. The lowest BCUT2D eigenvalue weighted by Gasteiger charge is -2.41. The molecule has 2 fully saturated rings. The average molecular weight is 549 g/mol. The molecule has 3 heterocycles. The number of benzene rings is 2. The Morgan fingerprint density at radius 2 is 1.65 bits per heavy atom. The topological polar surface area (TPSA) is 83.1 Å². The highest BCUT2D eigenvalue weighted by Crippen LogP contribution is 2.37. The largest absolute Gasteiger partial charge is 0.491 e. The number of morpholine rings is 1. The molecule has 0 aromatic heterocycles. The first-order valence-corrected chi connectivity index (χ1v) is 15.0. The van der Waals surface area contributed by atoms with E-state index in [1.165, 1.54) is 5.56 Å². The van der Waals surface area contributed by atoms with E-state index in [2.05, 4.69) is 44.7 Å². The van der Waals surface area contributed by atoms with Crippen molar-refractivity contribution >= 4 is 11.8 Å². The highest BCUT2D eigenvalue weighted by Gasteiger charge is 2.41. The molecular formula is C32H44N4O4. The number of fused-ring (bicyclic) bond motifs is 1. The Labute approximate surface area is 238 Å². The van der Waals surface area contributed by atoms with Gasteiger partial charge in [0.1, 0.15) is 12.4 Å². The van der Waals surface area contributed by atoms with E-state index in [-0.39, 0.29) is 23.3 Å². The summed E-state index contributed by atoms with van der Waals surface area (Å²) in [5.41, 5.74) is 2.00. The van der Waals surface area contributed by atoms with E-state index < -0.39 is 0 Å². The second kappa shape index (κ2) is 14.1. The summed E-state index contributed by atoms with van der Waals surface area (Å²) < 4.78 is 11.5. The van der Waals surface area contributed by atoms with Crippen LogP contribution in [-0.2, 0) is 20.7 Å². The minimum Gasteiger partial charge on any atom is -0.491 e. The van der Waals surface area contributed by atoms with Crippen molar-refractivity contribution in [2.24, 2.45) is 5.41 Å². The van der Waals surface area contributed by atoms with Crippen LogP contribution in [0.3, 0.4) is 0 Å². The van der Waals surface area contributed by atoms with Crippen LogP contribution in [0.2, 0.25) is 0 Å². The molecule has 216 valence electrons. The molecule has 2 amide bonds. The van der Waals surface area contributed by atoms with E-state index >= 15 is 0 Å². The number of rotatable bonds is 6. The van der Waals surface area contributed by atoms with E-state index in [4.69, 9.17) is 9.47 Å². The number of likely N-dealkylation sites (tertiary alicyclic amines) is 1. The van der Waals surface area contributed by atoms with Gasteiger partial charge in [-0.3, -0.25) is 19.4 Å². The zero-order valence-corrected chi connectivity index (χ0v) is 23.6. The molecule has 1 atom stereocenters. The Morgan fingerprint density at radius 3 is 2.45 bits per heavy atom. The van der Waals surface area contributed by atoms with Gasteiger partial charge in [-0.05, 0) is 62.4 Å². The van der Waals surface area contributed by atoms with Crippen molar-refractivity contribution in [3.63, 3.8) is 0 Å². The fourth-order valence-electron chi connectivity index (χ4n) is 6.28. The zero-order valence-electron chi connectivity index (χ0n) is 23.6. The number of piperidine rings is 1. The molecule has 0 saturated carbocycles. The number of amides is 2. The number of carbonyl (C=O) groups excluding carboxylic acids is 2. The SMILES string of the molecule is O=C(CN1CCC2(CCCCc3ccccc3OCCNC2=O)CC1)NC(CN1CCOCC1)c1ccccc1. The Bertz CT molecular complexity index is 1100. The molecule has 0 radical (unpaired) electrons. The van der Waals surface area contributed by atoms with Crippen LogP contribution in [0, 0.1) is 5.41 Å². The summed E-state index contributed by atoms with van der Waals surface area (Å²) in [5.74, 6) is 1.11. The maximum Gasteiger partial charge on any atom is 0.234 e.